The number of nitrogen functional groups attached to an aromatic ring is 1. The molecule has 2 N–H and O–H groups in total. The molecule has 0 radical (unpaired) electrons. The number of alkyl halides is 1. The average Bonchev–Trinajstić information content (AvgIpc) is 3.23. The van der Waals surface area contributed by atoms with E-state index in [1.165, 1.54) is 6.20 Å². The van der Waals surface area contributed by atoms with Crippen LogP contribution in [0.4, 0.5) is 5.82 Å². The van der Waals surface area contributed by atoms with Crippen LogP contribution in [-0.2, 0) is 5.88 Å². The highest BCUT2D eigenvalue weighted by Crippen LogP contribution is 2.30. The fourth-order valence-electron chi connectivity index (χ4n) is 3.38. The number of pyridine rings is 2. The van der Waals surface area contributed by atoms with Crippen molar-refractivity contribution in [1.29, 1.82) is 0 Å². The number of hydrogen-bond donors (Lipinski definition) is 1. The highest BCUT2D eigenvalue weighted by atomic mass is 35.5. The second kappa shape index (κ2) is 8.24. The van der Waals surface area contributed by atoms with Gasteiger partial charge in [0.05, 0.1) is 26.0 Å². The fourth-order valence-corrected chi connectivity index (χ4v) is 3.55. The molecule has 4 aromatic heterocycles. The van der Waals surface area contributed by atoms with Gasteiger partial charge in [-0.15, -0.1) is 11.6 Å². The van der Waals surface area contributed by atoms with Crippen LogP contribution < -0.4 is 10.5 Å². The summed E-state index contributed by atoms with van der Waals surface area (Å²) in [4.78, 5) is 22.6. The number of anilines is 1. The standard InChI is InChI=1S/C23H18ClN7O/c1-32-16-6-7-17(28-13-16)18-8-9-19-22(29-18)31(15-4-2-14(12-24)3-5-15)23(30-19)20-21(25)27-11-10-26-20/h2-11,13H,12H2,1H3,(H2,25,27)/i1D. The van der Waals surface area contributed by atoms with E-state index < -0.39 is 0 Å². The Labute approximate surface area is 190 Å². The van der Waals surface area contributed by atoms with Gasteiger partial charge >= 0.3 is 0 Å². The number of fused-ring (bicyclic) bond motifs is 1. The van der Waals surface area contributed by atoms with Crippen LogP contribution in [0.2, 0.25) is 0 Å². The molecule has 158 valence electrons. The zero-order valence-corrected chi connectivity index (χ0v) is 17.6. The molecule has 0 unspecified atom stereocenters. The van der Waals surface area contributed by atoms with E-state index in [4.69, 9.17) is 33.4 Å². The molecule has 0 aliphatic heterocycles. The summed E-state index contributed by atoms with van der Waals surface area (Å²) >= 11 is 5.97. The molecule has 0 saturated heterocycles. The van der Waals surface area contributed by atoms with Crippen molar-refractivity contribution >= 4 is 28.6 Å². The third-order valence-corrected chi connectivity index (χ3v) is 5.27. The van der Waals surface area contributed by atoms with Gasteiger partial charge in [-0.05, 0) is 42.0 Å². The largest absolute Gasteiger partial charge is 0.495 e. The second-order valence-electron chi connectivity index (χ2n) is 6.92. The van der Waals surface area contributed by atoms with Crippen molar-refractivity contribution < 1.29 is 6.11 Å². The monoisotopic (exact) mass is 444 g/mol. The third-order valence-electron chi connectivity index (χ3n) is 4.96. The Kier molecular flexibility index (Phi) is 4.82. The van der Waals surface area contributed by atoms with Gasteiger partial charge in [-0.2, -0.15) is 0 Å². The second-order valence-corrected chi connectivity index (χ2v) is 7.19. The van der Waals surface area contributed by atoms with Gasteiger partial charge in [-0.1, -0.05) is 12.1 Å². The predicted octanol–water partition coefficient (Wildman–Crippen LogP) is 4.27. The number of aromatic nitrogens is 6. The van der Waals surface area contributed by atoms with E-state index in [0.29, 0.717) is 45.7 Å². The van der Waals surface area contributed by atoms with Gasteiger partial charge in [-0.25, -0.2) is 19.9 Å². The molecular weight excluding hydrogens is 426 g/mol. The number of benzene rings is 1. The molecule has 0 bridgehead atoms. The molecule has 4 heterocycles. The number of imidazole rings is 1. The number of nitrogens with zero attached hydrogens (tertiary/aromatic N) is 6. The quantitative estimate of drug-likeness (QED) is 0.403. The number of hydrogen-bond acceptors (Lipinski definition) is 7. The van der Waals surface area contributed by atoms with Gasteiger partial charge in [0.15, 0.2) is 17.3 Å². The summed E-state index contributed by atoms with van der Waals surface area (Å²) in [6.07, 6.45) is 4.69. The molecule has 5 rings (SSSR count). The Morgan fingerprint density at radius 3 is 2.50 bits per heavy atom. The van der Waals surface area contributed by atoms with Crippen molar-refractivity contribution in [2.24, 2.45) is 0 Å². The summed E-state index contributed by atoms with van der Waals surface area (Å²) in [7, 11) is -0.165. The lowest BCUT2D eigenvalue weighted by Crippen LogP contribution is -2.04. The van der Waals surface area contributed by atoms with Crippen LogP contribution in [0.15, 0.2) is 67.1 Å². The lowest BCUT2D eigenvalue weighted by Gasteiger charge is -2.10. The van der Waals surface area contributed by atoms with Gasteiger partial charge in [0.2, 0.25) is 0 Å². The highest BCUT2D eigenvalue weighted by molar-refractivity contribution is 6.17. The Morgan fingerprint density at radius 2 is 1.78 bits per heavy atom. The summed E-state index contributed by atoms with van der Waals surface area (Å²) in [6.45, 7) is 0. The van der Waals surface area contributed by atoms with Crippen molar-refractivity contribution in [2.45, 2.75) is 5.88 Å². The molecule has 0 fully saturated rings. The van der Waals surface area contributed by atoms with E-state index in [9.17, 15) is 0 Å². The number of halogens is 1. The van der Waals surface area contributed by atoms with Crippen molar-refractivity contribution in [3.8, 4) is 34.3 Å². The highest BCUT2D eigenvalue weighted by Gasteiger charge is 2.20. The minimum atomic E-state index is -0.165. The molecule has 0 spiro atoms. The van der Waals surface area contributed by atoms with E-state index >= 15 is 0 Å². The number of methoxy groups -OCH3 is 1. The molecule has 0 atom stereocenters. The average molecular weight is 445 g/mol. The molecule has 0 aliphatic carbocycles. The van der Waals surface area contributed by atoms with Gasteiger partial charge < -0.3 is 10.5 Å². The molecule has 5 aromatic rings. The Balaban J connectivity index is 1.71. The Morgan fingerprint density at radius 1 is 0.969 bits per heavy atom. The molecule has 8 nitrogen and oxygen atoms in total. The molecule has 32 heavy (non-hydrogen) atoms. The fraction of sp³-hybridized carbons (Fsp3) is 0.0870. The van der Waals surface area contributed by atoms with Gasteiger partial charge in [0.25, 0.3) is 0 Å². The van der Waals surface area contributed by atoms with Gasteiger partial charge in [-0.3, -0.25) is 9.55 Å². The maximum atomic E-state index is 7.17. The maximum Gasteiger partial charge on any atom is 0.169 e. The molecule has 9 heteroatoms. The summed E-state index contributed by atoms with van der Waals surface area (Å²) in [6, 6.07) is 15.1. The molecule has 0 amide bonds. The molecule has 0 saturated carbocycles. The van der Waals surface area contributed by atoms with Crippen molar-refractivity contribution in [3.63, 3.8) is 0 Å². The first-order valence-electron chi connectivity index (χ1n) is 10.4. The van der Waals surface area contributed by atoms with Crippen LogP contribution in [0.3, 0.4) is 0 Å². The van der Waals surface area contributed by atoms with E-state index in [1.807, 2.05) is 41.0 Å². The topological polar surface area (TPSA) is 105 Å². The summed E-state index contributed by atoms with van der Waals surface area (Å²) in [5.41, 5.74) is 11.1. The van der Waals surface area contributed by atoms with Crippen LogP contribution in [0.25, 0.3) is 39.8 Å². The number of nitrogens with two attached hydrogens (primary N) is 1. The van der Waals surface area contributed by atoms with Crippen LogP contribution in [0.1, 0.15) is 6.93 Å². The SMILES string of the molecule is [2H]COc1ccc(-c2ccc3nc(-c4nccnc4N)n(-c4ccc(CCl)cc4)c3n2)nc1. The van der Waals surface area contributed by atoms with E-state index in [1.54, 1.807) is 24.5 Å². The summed E-state index contributed by atoms with van der Waals surface area (Å²) in [5, 5.41) is 0. The minimum absolute atomic E-state index is 0.165. The normalized spacial score (nSPS) is 11.5. The predicted molar refractivity (Wildman–Crippen MR) is 124 cm³/mol. The van der Waals surface area contributed by atoms with E-state index in [-0.39, 0.29) is 12.9 Å². The van der Waals surface area contributed by atoms with Crippen molar-refractivity contribution in [3.05, 3.63) is 72.7 Å². The smallest absolute Gasteiger partial charge is 0.169 e. The zero-order chi connectivity index (χ0) is 22.8. The lowest BCUT2D eigenvalue weighted by atomic mass is 10.2. The first-order chi connectivity index (χ1) is 16.2. The van der Waals surface area contributed by atoms with Crippen molar-refractivity contribution in [1.82, 2.24) is 29.5 Å². The third kappa shape index (κ3) is 3.50. The maximum absolute atomic E-state index is 7.17. The lowest BCUT2D eigenvalue weighted by molar-refractivity contribution is 0.413. The number of ether oxygens (including phenoxy) is 1. The Hall–Kier alpha value is -4.04. The van der Waals surface area contributed by atoms with Gasteiger partial charge in [0.1, 0.15) is 17.0 Å². The van der Waals surface area contributed by atoms with Crippen LogP contribution >= 0.6 is 11.6 Å². The molecule has 0 aliphatic rings. The first kappa shape index (κ1) is 18.7. The molecular formula is C23H18ClN7O. The van der Waals surface area contributed by atoms with Crippen molar-refractivity contribution in [2.75, 3.05) is 12.8 Å². The Bertz CT molecular complexity index is 1420. The van der Waals surface area contributed by atoms with Crippen LogP contribution in [0, 0.1) is 0 Å². The first-order valence-corrected chi connectivity index (χ1v) is 10.2. The van der Waals surface area contributed by atoms with E-state index in [2.05, 4.69) is 15.0 Å². The van der Waals surface area contributed by atoms with Crippen LogP contribution in [-0.4, -0.2) is 36.6 Å². The minimum Gasteiger partial charge on any atom is -0.495 e. The van der Waals surface area contributed by atoms with Crippen LogP contribution in [0.5, 0.6) is 5.75 Å². The molecule has 1 aromatic carbocycles. The van der Waals surface area contributed by atoms with Gasteiger partial charge in [0, 0.05) is 24.0 Å². The zero-order valence-electron chi connectivity index (χ0n) is 17.8. The summed E-state index contributed by atoms with van der Waals surface area (Å²) < 4.78 is 14.2. The summed E-state index contributed by atoms with van der Waals surface area (Å²) in [5.74, 6) is 1.76. The number of rotatable bonds is 5. The van der Waals surface area contributed by atoms with E-state index in [0.717, 1.165) is 11.3 Å².